The summed E-state index contributed by atoms with van der Waals surface area (Å²) in [5, 5.41) is 11.9. The van der Waals surface area contributed by atoms with Crippen LogP contribution < -0.4 is 5.32 Å². The molecule has 2 amide bonds. The molecule has 2 aromatic rings. The molecule has 2 rings (SSSR count). The largest absolute Gasteiger partial charge is 0.508 e. The summed E-state index contributed by atoms with van der Waals surface area (Å²) in [6.45, 7) is 3.68. The summed E-state index contributed by atoms with van der Waals surface area (Å²) in [5.74, 6) is 0.370. The van der Waals surface area contributed by atoms with Crippen molar-refractivity contribution in [2.75, 3.05) is 0 Å². The molecule has 122 valence electrons. The van der Waals surface area contributed by atoms with Crippen LogP contribution in [0.5, 0.6) is 5.75 Å². The summed E-state index contributed by atoms with van der Waals surface area (Å²) < 4.78 is 5.31. The van der Waals surface area contributed by atoms with Crippen LogP contribution >= 0.6 is 0 Å². The summed E-state index contributed by atoms with van der Waals surface area (Å²) >= 11 is 0. The molecule has 0 aliphatic carbocycles. The number of aromatic hydroxyl groups is 1. The van der Waals surface area contributed by atoms with E-state index in [1.165, 1.54) is 6.92 Å². The molecular formula is C17H20N2O4. The van der Waals surface area contributed by atoms with Gasteiger partial charge < -0.3 is 19.7 Å². The Bertz CT molecular complexity index is 650. The molecule has 0 spiro atoms. The first-order valence-electron chi connectivity index (χ1n) is 7.32. The summed E-state index contributed by atoms with van der Waals surface area (Å²) in [6.07, 6.45) is 1.55. The van der Waals surface area contributed by atoms with Gasteiger partial charge in [-0.15, -0.1) is 0 Å². The number of carbonyl (C=O) groups is 2. The number of benzene rings is 1. The molecule has 6 nitrogen and oxygen atoms in total. The highest BCUT2D eigenvalue weighted by molar-refractivity contribution is 5.86. The second-order valence-corrected chi connectivity index (χ2v) is 5.36. The fourth-order valence-electron chi connectivity index (χ4n) is 2.26. The van der Waals surface area contributed by atoms with Gasteiger partial charge in [0.25, 0.3) is 0 Å². The van der Waals surface area contributed by atoms with Crippen molar-refractivity contribution in [2.45, 2.75) is 33.0 Å². The van der Waals surface area contributed by atoms with E-state index in [-0.39, 0.29) is 17.6 Å². The van der Waals surface area contributed by atoms with Gasteiger partial charge in [-0.2, -0.15) is 0 Å². The lowest BCUT2D eigenvalue weighted by molar-refractivity contribution is -0.136. The summed E-state index contributed by atoms with van der Waals surface area (Å²) in [5.41, 5.74) is 0.873. The molecule has 2 N–H and O–H groups in total. The monoisotopic (exact) mass is 316 g/mol. The molecule has 0 unspecified atom stereocenters. The van der Waals surface area contributed by atoms with E-state index in [9.17, 15) is 14.7 Å². The highest BCUT2D eigenvalue weighted by atomic mass is 16.3. The van der Waals surface area contributed by atoms with Crippen LogP contribution in [0.15, 0.2) is 47.1 Å². The molecule has 1 aromatic heterocycles. The lowest BCUT2D eigenvalue weighted by Gasteiger charge is -2.25. The van der Waals surface area contributed by atoms with Gasteiger partial charge in [0.15, 0.2) is 0 Å². The van der Waals surface area contributed by atoms with Crippen LogP contribution in [0.25, 0.3) is 0 Å². The first-order valence-corrected chi connectivity index (χ1v) is 7.32. The third-order valence-corrected chi connectivity index (χ3v) is 3.34. The minimum absolute atomic E-state index is 0.171. The van der Waals surface area contributed by atoms with Gasteiger partial charge in [-0.3, -0.25) is 9.59 Å². The summed E-state index contributed by atoms with van der Waals surface area (Å²) in [6, 6.07) is 9.57. The zero-order valence-corrected chi connectivity index (χ0v) is 13.2. The van der Waals surface area contributed by atoms with Gasteiger partial charge in [0.1, 0.15) is 17.6 Å². The van der Waals surface area contributed by atoms with Crippen LogP contribution in [0, 0.1) is 0 Å². The third-order valence-electron chi connectivity index (χ3n) is 3.34. The molecular weight excluding hydrogens is 296 g/mol. The average molecular weight is 316 g/mol. The molecule has 1 heterocycles. The molecule has 1 aromatic carbocycles. The Morgan fingerprint density at radius 1 is 1.22 bits per heavy atom. The Morgan fingerprint density at radius 3 is 2.48 bits per heavy atom. The number of amides is 2. The van der Waals surface area contributed by atoms with Crippen LogP contribution in [-0.2, 0) is 22.7 Å². The normalized spacial score (nSPS) is 11.7. The van der Waals surface area contributed by atoms with E-state index in [0.717, 1.165) is 5.56 Å². The van der Waals surface area contributed by atoms with Gasteiger partial charge in [-0.05, 0) is 36.8 Å². The maximum Gasteiger partial charge on any atom is 0.245 e. The number of nitrogens with one attached hydrogen (secondary N) is 1. The van der Waals surface area contributed by atoms with Crippen molar-refractivity contribution in [3.8, 4) is 5.75 Å². The van der Waals surface area contributed by atoms with Crippen molar-refractivity contribution in [3.05, 3.63) is 54.0 Å². The maximum atomic E-state index is 12.6. The molecule has 23 heavy (non-hydrogen) atoms. The number of phenols is 1. The van der Waals surface area contributed by atoms with E-state index in [0.29, 0.717) is 18.8 Å². The van der Waals surface area contributed by atoms with Gasteiger partial charge in [0, 0.05) is 13.5 Å². The number of furan rings is 1. The van der Waals surface area contributed by atoms with E-state index in [2.05, 4.69) is 5.32 Å². The molecule has 0 saturated heterocycles. The second kappa shape index (κ2) is 7.49. The second-order valence-electron chi connectivity index (χ2n) is 5.36. The Balaban J connectivity index is 2.15. The number of phenolic OH excluding ortho intramolecular Hbond substituents is 1. The average Bonchev–Trinajstić information content (AvgIpc) is 3.00. The first-order chi connectivity index (χ1) is 11.0. The number of nitrogens with zero attached hydrogens (tertiary/aromatic N) is 1. The van der Waals surface area contributed by atoms with E-state index in [4.69, 9.17) is 4.42 Å². The third kappa shape index (κ3) is 4.88. The van der Waals surface area contributed by atoms with E-state index in [1.54, 1.807) is 54.5 Å². The Labute approximate surface area is 134 Å². The summed E-state index contributed by atoms with van der Waals surface area (Å²) in [4.78, 5) is 25.4. The number of rotatable bonds is 6. The van der Waals surface area contributed by atoms with Gasteiger partial charge in [0.05, 0.1) is 12.8 Å². The predicted molar refractivity (Wildman–Crippen MR) is 84.3 cm³/mol. The van der Waals surface area contributed by atoms with Gasteiger partial charge in [-0.1, -0.05) is 12.1 Å². The van der Waals surface area contributed by atoms with Crippen LogP contribution in [0.4, 0.5) is 0 Å². The lowest BCUT2D eigenvalue weighted by Crippen LogP contribution is -2.45. The van der Waals surface area contributed by atoms with Gasteiger partial charge in [0.2, 0.25) is 11.8 Å². The Kier molecular flexibility index (Phi) is 5.41. The molecule has 0 bridgehead atoms. The predicted octanol–water partition coefficient (Wildman–Crippen LogP) is 2.04. The molecule has 0 fully saturated rings. The van der Waals surface area contributed by atoms with Crippen LogP contribution in [0.3, 0.4) is 0 Å². The summed E-state index contributed by atoms with van der Waals surface area (Å²) in [7, 11) is 0. The van der Waals surface area contributed by atoms with Crippen molar-refractivity contribution in [1.29, 1.82) is 0 Å². The standard InChI is InChI=1S/C17H20N2O4/c1-12(18-13(2)20)17(22)19(11-16-4-3-9-23-16)10-14-5-7-15(21)8-6-14/h3-9,12,21H,10-11H2,1-2H3,(H,18,20)/t12-/m0/s1. The highest BCUT2D eigenvalue weighted by Crippen LogP contribution is 2.15. The number of hydrogen-bond acceptors (Lipinski definition) is 4. The molecule has 1 atom stereocenters. The van der Waals surface area contributed by atoms with Gasteiger partial charge in [-0.25, -0.2) is 0 Å². The number of carbonyl (C=O) groups excluding carboxylic acids is 2. The van der Waals surface area contributed by atoms with Gasteiger partial charge >= 0.3 is 0 Å². The molecule has 6 heteroatoms. The smallest absolute Gasteiger partial charge is 0.245 e. The lowest BCUT2D eigenvalue weighted by atomic mass is 10.1. The first kappa shape index (κ1) is 16.6. The van der Waals surface area contributed by atoms with Crippen LogP contribution in [0.1, 0.15) is 25.2 Å². The number of hydrogen-bond donors (Lipinski definition) is 2. The van der Waals surface area contributed by atoms with Crippen LogP contribution in [0.2, 0.25) is 0 Å². The molecule has 0 saturated carbocycles. The topological polar surface area (TPSA) is 82.8 Å². The minimum Gasteiger partial charge on any atom is -0.508 e. The zero-order chi connectivity index (χ0) is 16.8. The fourth-order valence-corrected chi connectivity index (χ4v) is 2.26. The van der Waals surface area contributed by atoms with Crippen molar-refractivity contribution in [2.24, 2.45) is 0 Å². The van der Waals surface area contributed by atoms with E-state index in [1.807, 2.05) is 0 Å². The molecule has 0 aliphatic rings. The quantitative estimate of drug-likeness (QED) is 0.854. The van der Waals surface area contributed by atoms with Crippen molar-refractivity contribution in [1.82, 2.24) is 10.2 Å². The SMILES string of the molecule is CC(=O)N[C@@H](C)C(=O)N(Cc1ccc(O)cc1)Cc1ccco1. The Morgan fingerprint density at radius 2 is 1.91 bits per heavy atom. The maximum absolute atomic E-state index is 12.6. The zero-order valence-electron chi connectivity index (χ0n) is 13.2. The fraction of sp³-hybridized carbons (Fsp3) is 0.294. The van der Waals surface area contributed by atoms with Crippen molar-refractivity contribution >= 4 is 11.8 Å². The minimum atomic E-state index is -0.625. The molecule has 0 aliphatic heterocycles. The van der Waals surface area contributed by atoms with Crippen molar-refractivity contribution in [3.63, 3.8) is 0 Å². The van der Waals surface area contributed by atoms with E-state index < -0.39 is 6.04 Å². The van der Waals surface area contributed by atoms with Crippen LogP contribution in [-0.4, -0.2) is 27.9 Å². The van der Waals surface area contributed by atoms with Crippen molar-refractivity contribution < 1.29 is 19.1 Å². The molecule has 0 radical (unpaired) electrons. The highest BCUT2D eigenvalue weighted by Gasteiger charge is 2.22. The Hall–Kier alpha value is -2.76. The van der Waals surface area contributed by atoms with E-state index >= 15 is 0 Å².